The lowest BCUT2D eigenvalue weighted by Gasteiger charge is -2.15. The van der Waals surface area contributed by atoms with E-state index in [4.69, 9.17) is 9.84 Å². The lowest BCUT2D eigenvalue weighted by atomic mass is 10.1. The molecule has 0 fully saturated rings. The average molecular weight is 439 g/mol. The van der Waals surface area contributed by atoms with Crippen molar-refractivity contribution < 1.29 is 19.4 Å². The maximum atomic E-state index is 11.9. The van der Waals surface area contributed by atoms with Crippen molar-refractivity contribution in [1.82, 2.24) is 0 Å². The molecule has 0 aliphatic rings. The molecule has 1 unspecified atom stereocenters. The van der Waals surface area contributed by atoms with Gasteiger partial charge in [-0.2, -0.15) is 0 Å². The summed E-state index contributed by atoms with van der Waals surface area (Å²) in [6, 6.07) is 0. The molecule has 0 bridgehead atoms. The molecule has 1 atom stereocenters. The summed E-state index contributed by atoms with van der Waals surface area (Å²) in [6.07, 6.45) is 26.2. The van der Waals surface area contributed by atoms with E-state index in [0.29, 0.717) is 19.3 Å². The number of esters is 1. The van der Waals surface area contributed by atoms with E-state index in [-0.39, 0.29) is 18.5 Å². The summed E-state index contributed by atoms with van der Waals surface area (Å²) in [6.45, 7) is 4.24. The van der Waals surface area contributed by atoms with E-state index in [1.165, 1.54) is 83.5 Å². The van der Waals surface area contributed by atoms with E-state index in [2.05, 4.69) is 19.1 Å². The molecule has 31 heavy (non-hydrogen) atoms. The lowest BCUT2D eigenvalue weighted by Crippen LogP contribution is -2.17. The van der Waals surface area contributed by atoms with Crippen LogP contribution in [0.2, 0.25) is 0 Å². The second-order valence-electron chi connectivity index (χ2n) is 8.85. The predicted molar refractivity (Wildman–Crippen MR) is 130 cm³/mol. The molecule has 0 radical (unpaired) electrons. The second kappa shape index (κ2) is 23.3. The number of ether oxygens (including phenoxy) is 1. The normalized spacial score (nSPS) is 12.3. The van der Waals surface area contributed by atoms with Crippen molar-refractivity contribution in [2.45, 2.75) is 148 Å². The Morgan fingerprint density at radius 2 is 1.23 bits per heavy atom. The van der Waals surface area contributed by atoms with Gasteiger partial charge in [0.15, 0.2) is 0 Å². The van der Waals surface area contributed by atoms with Crippen LogP contribution in [-0.2, 0) is 14.3 Å². The Morgan fingerprint density at radius 1 is 0.710 bits per heavy atom. The van der Waals surface area contributed by atoms with E-state index in [0.717, 1.165) is 19.3 Å². The Morgan fingerprint density at radius 3 is 1.74 bits per heavy atom. The van der Waals surface area contributed by atoms with E-state index < -0.39 is 5.97 Å². The number of rotatable bonds is 23. The van der Waals surface area contributed by atoms with Gasteiger partial charge in [-0.15, -0.1) is 0 Å². The monoisotopic (exact) mass is 438 g/mol. The molecule has 0 amide bonds. The molecule has 1 N–H and O–H groups in total. The third kappa shape index (κ3) is 23.2. The van der Waals surface area contributed by atoms with E-state index in [1.807, 2.05) is 6.92 Å². The van der Waals surface area contributed by atoms with Gasteiger partial charge in [0.25, 0.3) is 0 Å². The highest BCUT2D eigenvalue weighted by Gasteiger charge is 2.12. The van der Waals surface area contributed by atoms with Crippen molar-refractivity contribution in [2.24, 2.45) is 0 Å². The fraction of sp³-hybridized carbons (Fsp3) is 0.852. The molecule has 4 heteroatoms. The minimum Gasteiger partial charge on any atom is -0.481 e. The van der Waals surface area contributed by atoms with E-state index in [9.17, 15) is 9.59 Å². The number of carbonyl (C=O) groups is 2. The second-order valence-corrected chi connectivity index (χ2v) is 8.85. The van der Waals surface area contributed by atoms with Gasteiger partial charge in [0.05, 0.1) is 0 Å². The summed E-state index contributed by atoms with van der Waals surface area (Å²) in [4.78, 5) is 22.5. The fourth-order valence-corrected chi connectivity index (χ4v) is 3.77. The molecule has 0 aliphatic carbocycles. The standard InChI is InChI=1S/C27H50O4/c1-3-5-6-7-8-9-10-11-12-13-14-15-16-17-18-19-20-24-27(30)31-25(4-2)22-21-23-26(28)29/h11-12,25H,3-10,13-24H2,1-2H3,(H,28,29)/b12-11-. The molecule has 0 heterocycles. The number of hydrogen-bond acceptors (Lipinski definition) is 3. The Labute approximate surface area is 192 Å². The summed E-state index contributed by atoms with van der Waals surface area (Å²) in [5.74, 6) is -0.920. The van der Waals surface area contributed by atoms with Crippen LogP contribution in [0.25, 0.3) is 0 Å². The molecule has 0 aromatic carbocycles. The molecule has 0 spiro atoms. The predicted octanol–water partition coefficient (Wildman–Crippen LogP) is 8.38. The molecule has 0 aromatic rings. The Bertz CT molecular complexity index is 445. The molecular formula is C27H50O4. The Hall–Kier alpha value is -1.32. The maximum Gasteiger partial charge on any atom is 0.306 e. The number of carbonyl (C=O) groups excluding carboxylic acids is 1. The zero-order valence-corrected chi connectivity index (χ0v) is 20.5. The zero-order chi connectivity index (χ0) is 23.0. The molecule has 0 aromatic heterocycles. The first-order valence-electron chi connectivity index (χ1n) is 13.2. The maximum absolute atomic E-state index is 11.9. The van der Waals surface area contributed by atoms with Gasteiger partial charge in [-0.3, -0.25) is 9.59 Å². The largest absolute Gasteiger partial charge is 0.481 e. The molecule has 4 nitrogen and oxygen atoms in total. The van der Waals surface area contributed by atoms with Crippen molar-refractivity contribution in [3.8, 4) is 0 Å². The van der Waals surface area contributed by atoms with Crippen molar-refractivity contribution in [3.63, 3.8) is 0 Å². The van der Waals surface area contributed by atoms with E-state index >= 15 is 0 Å². The van der Waals surface area contributed by atoms with Crippen LogP contribution in [0.4, 0.5) is 0 Å². The lowest BCUT2D eigenvalue weighted by molar-refractivity contribution is -0.149. The molecule has 182 valence electrons. The van der Waals surface area contributed by atoms with Crippen LogP contribution in [-0.4, -0.2) is 23.1 Å². The molecule has 0 rings (SSSR count). The quantitative estimate of drug-likeness (QED) is 0.0988. The van der Waals surface area contributed by atoms with Gasteiger partial charge in [-0.1, -0.05) is 90.2 Å². The smallest absolute Gasteiger partial charge is 0.306 e. The minimum absolute atomic E-state index is 0.130. The summed E-state index contributed by atoms with van der Waals surface area (Å²) in [7, 11) is 0. The number of hydrogen-bond donors (Lipinski definition) is 1. The minimum atomic E-state index is -0.791. The van der Waals surface area contributed by atoms with Gasteiger partial charge in [-0.25, -0.2) is 0 Å². The first-order chi connectivity index (χ1) is 15.1. The SMILES string of the molecule is CCCCCCCC/C=C\CCCCCCCCCC(=O)OC(CC)CCCC(=O)O. The van der Waals surface area contributed by atoms with Crippen LogP contribution < -0.4 is 0 Å². The van der Waals surface area contributed by atoms with Gasteiger partial charge in [-0.05, 0) is 51.4 Å². The number of aliphatic carboxylic acids is 1. The number of allylic oxidation sites excluding steroid dienone is 2. The molecule has 0 saturated carbocycles. The van der Waals surface area contributed by atoms with Crippen LogP contribution in [0.1, 0.15) is 142 Å². The van der Waals surface area contributed by atoms with Crippen LogP contribution >= 0.6 is 0 Å². The van der Waals surface area contributed by atoms with Crippen molar-refractivity contribution in [3.05, 3.63) is 12.2 Å². The van der Waals surface area contributed by atoms with Crippen LogP contribution in [0.15, 0.2) is 12.2 Å². The van der Waals surface area contributed by atoms with Gasteiger partial charge >= 0.3 is 11.9 Å². The summed E-state index contributed by atoms with van der Waals surface area (Å²) in [5, 5.41) is 8.69. The van der Waals surface area contributed by atoms with Crippen molar-refractivity contribution in [1.29, 1.82) is 0 Å². The van der Waals surface area contributed by atoms with Gasteiger partial charge in [0.2, 0.25) is 0 Å². The van der Waals surface area contributed by atoms with Crippen LogP contribution in [0.5, 0.6) is 0 Å². The third-order valence-corrected chi connectivity index (χ3v) is 5.81. The van der Waals surface area contributed by atoms with Crippen molar-refractivity contribution >= 4 is 11.9 Å². The Kier molecular flexibility index (Phi) is 22.4. The first kappa shape index (κ1) is 29.7. The first-order valence-corrected chi connectivity index (χ1v) is 13.2. The number of carboxylic acids is 1. The topological polar surface area (TPSA) is 63.6 Å². The van der Waals surface area contributed by atoms with E-state index in [1.54, 1.807) is 0 Å². The summed E-state index contributed by atoms with van der Waals surface area (Å²) >= 11 is 0. The number of carboxylic acid groups (broad SMARTS) is 1. The molecular weight excluding hydrogens is 388 g/mol. The van der Waals surface area contributed by atoms with Gasteiger partial charge in [0, 0.05) is 12.8 Å². The average Bonchev–Trinajstić information content (AvgIpc) is 2.75. The van der Waals surface area contributed by atoms with Crippen molar-refractivity contribution in [2.75, 3.05) is 0 Å². The highest BCUT2D eigenvalue weighted by molar-refractivity contribution is 5.69. The summed E-state index contributed by atoms with van der Waals surface area (Å²) < 4.78 is 5.47. The third-order valence-electron chi connectivity index (χ3n) is 5.81. The Balaban J connectivity index is 3.40. The van der Waals surface area contributed by atoms with Gasteiger partial charge < -0.3 is 9.84 Å². The fourth-order valence-electron chi connectivity index (χ4n) is 3.77. The van der Waals surface area contributed by atoms with Crippen LogP contribution in [0, 0.1) is 0 Å². The molecule has 0 aliphatic heterocycles. The van der Waals surface area contributed by atoms with Gasteiger partial charge in [0.1, 0.15) is 6.10 Å². The molecule has 0 saturated heterocycles. The summed E-state index contributed by atoms with van der Waals surface area (Å²) in [5.41, 5.74) is 0. The highest BCUT2D eigenvalue weighted by Crippen LogP contribution is 2.14. The zero-order valence-electron chi connectivity index (χ0n) is 20.5. The number of unbranched alkanes of at least 4 members (excludes halogenated alkanes) is 13. The van der Waals surface area contributed by atoms with Crippen LogP contribution in [0.3, 0.4) is 0 Å². The highest BCUT2D eigenvalue weighted by atomic mass is 16.5.